The first-order chi connectivity index (χ1) is 12.1. The van der Waals surface area contributed by atoms with Crippen LogP contribution in [0.15, 0.2) is 30.3 Å². The number of hydrogen-bond acceptors (Lipinski definition) is 3. The zero-order valence-corrected chi connectivity index (χ0v) is 15.8. The number of carbonyl (C=O) groups is 2. The molecule has 1 aliphatic heterocycles. The van der Waals surface area contributed by atoms with Crippen LogP contribution in [0.1, 0.15) is 38.5 Å². The molecular weight excluding hydrogens is 350 g/mol. The van der Waals surface area contributed by atoms with Crippen LogP contribution >= 0.6 is 12.4 Å². The van der Waals surface area contributed by atoms with E-state index in [1.54, 1.807) is 4.90 Å². The molecule has 1 aromatic carbocycles. The largest absolute Gasteiger partial charge is 0.351 e. The van der Waals surface area contributed by atoms with Gasteiger partial charge in [0.2, 0.25) is 11.8 Å². The van der Waals surface area contributed by atoms with Crippen molar-refractivity contribution >= 4 is 29.9 Å². The van der Waals surface area contributed by atoms with E-state index in [1.807, 2.05) is 30.3 Å². The quantitative estimate of drug-likeness (QED) is 0.849. The van der Waals surface area contributed by atoms with Crippen molar-refractivity contribution in [2.75, 3.05) is 11.4 Å². The van der Waals surface area contributed by atoms with Crippen molar-refractivity contribution in [2.45, 2.75) is 50.6 Å². The summed E-state index contributed by atoms with van der Waals surface area (Å²) in [5.41, 5.74) is 7.23. The molecule has 5 nitrogen and oxygen atoms in total. The Morgan fingerprint density at radius 3 is 2.42 bits per heavy atom. The first-order valence-corrected chi connectivity index (χ1v) is 9.53. The predicted octanol–water partition coefficient (Wildman–Crippen LogP) is 2.48. The summed E-state index contributed by atoms with van der Waals surface area (Å²) < 4.78 is 0. The number of anilines is 1. The SMILES string of the molecule is Cl.NC1C2CCCC1CC(C(=O)NC1CC(=O)N(c3ccccc3)C1)C2. The molecule has 0 radical (unpaired) electrons. The molecule has 2 bridgehead atoms. The molecule has 4 rings (SSSR count). The van der Waals surface area contributed by atoms with E-state index < -0.39 is 0 Å². The second-order valence-electron chi connectivity index (χ2n) is 7.95. The Morgan fingerprint density at radius 2 is 1.77 bits per heavy atom. The van der Waals surface area contributed by atoms with Gasteiger partial charge in [-0.3, -0.25) is 9.59 Å². The smallest absolute Gasteiger partial charge is 0.229 e. The fraction of sp³-hybridized carbons (Fsp3) is 0.600. The summed E-state index contributed by atoms with van der Waals surface area (Å²) in [4.78, 5) is 26.8. The van der Waals surface area contributed by atoms with Gasteiger partial charge in [-0.05, 0) is 49.7 Å². The van der Waals surface area contributed by atoms with Crippen molar-refractivity contribution in [3.05, 3.63) is 30.3 Å². The number of nitrogens with zero attached hydrogens (tertiary/aromatic N) is 1. The normalized spacial score (nSPS) is 33.5. The summed E-state index contributed by atoms with van der Waals surface area (Å²) in [5, 5.41) is 3.14. The number of fused-ring (bicyclic) bond motifs is 2. The van der Waals surface area contributed by atoms with Crippen LogP contribution in [-0.2, 0) is 9.59 Å². The summed E-state index contributed by atoms with van der Waals surface area (Å²) >= 11 is 0. The van der Waals surface area contributed by atoms with Gasteiger partial charge >= 0.3 is 0 Å². The summed E-state index contributed by atoms with van der Waals surface area (Å²) in [5.74, 6) is 1.26. The van der Waals surface area contributed by atoms with Crippen LogP contribution in [-0.4, -0.2) is 30.4 Å². The van der Waals surface area contributed by atoms with E-state index in [2.05, 4.69) is 5.32 Å². The predicted molar refractivity (Wildman–Crippen MR) is 104 cm³/mol. The number of hydrogen-bond donors (Lipinski definition) is 2. The lowest BCUT2D eigenvalue weighted by Gasteiger charge is -2.43. The monoisotopic (exact) mass is 377 g/mol. The van der Waals surface area contributed by atoms with Crippen LogP contribution in [0.3, 0.4) is 0 Å². The third kappa shape index (κ3) is 3.74. The third-order valence-electron chi connectivity index (χ3n) is 6.32. The molecule has 3 N–H and O–H groups in total. The molecule has 1 saturated heterocycles. The van der Waals surface area contributed by atoms with Gasteiger partial charge in [0.05, 0.1) is 6.04 Å². The van der Waals surface area contributed by atoms with E-state index in [9.17, 15) is 9.59 Å². The van der Waals surface area contributed by atoms with Gasteiger partial charge in [0, 0.05) is 30.6 Å². The van der Waals surface area contributed by atoms with E-state index in [0.29, 0.717) is 24.8 Å². The first-order valence-electron chi connectivity index (χ1n) is 9.53. The van der Waals surface area contributed by atoms with Gasteiger partial charge in [0.25, 0.3) is 0 Å². The summed E-state index contributed by atoms with van der Waals surface area (Å²) in [6.07, 6.45) is 5.77. The van der Waals surface area contributed by atoms with Gasteiger partial charge in [0.1, 0.15) is 0 Å². The van der Waals surface area contributed by atoms with Crippen LogP contribution in [0.25, 0.3) is 0 Å². The highest BCUT2D eigenvalue weighted by atomic mass is 35.5. The Hall–Kier alpha value is -1.59. The zero-order chi connectivity index (χ0) is 17.4. The molecule has 0 spiro atoms. The second kappa shape index (κ2) is 7.97. The molecule has 3 fully saturated rings. The number of halogens is 1. The van der Waals surface area contributed by atoms with Crippen molar-refractivity contribution in [2.24, 2.45) is 23.5 Å². The molecule has 2 amide bonds. The Morgan fingerprint density at radius 1 is 1.12 bits per heavy atom. The highest BCUT2D eigenvalue weighted by Crippen LogP contribution is 2.42. The Labute approximate surface area is 161 Å². The Bertz CT molecular complexity index is 640. The van der Waals surface area contributed by atoms with Crippen molar-refractivity contribution < 1.29 is 9.59 Å². The average Bonchev–Trinajstić information content (AvgIpc) is 2.95. The number of rotatable bonds is 3. The number of para-hydroxylation sites is 1. The van der Waals surface area contributed by atoms with Crippen LogP contribution in [0.2, 0.25) is 0 Å². The van der Waals surface area contributed by atoms with Crippen molar-refractivity contribution in [1.29, 1.82) is 0 Å². The Balaban J connectivity index is 0.00000196. The van der Waals surface area contributed by atoms with E-state index in [4.69, 9.17) is 5.73 Å². The third-order valence-corrected chi connectivity index (χ3v) is 6.32. The molecule has 2 saturated carbocycles. The van der Waals surface area contributed by atoms with E-state index in [0.717, 1.165) is 31.4 Å². The fourth-order valence-electron chi connectivity index (χ4n) is 4.98. The topological polar surface area (TPSA) is 75.4 Å². The summed E-state index contributed by atoms with van der Waals surface area (Å²) in [6, 6.07) is 9.86. The maximum atomic E-state index is 12.8. The van der Waals surface area contributed by atoms with Crippen LogP contribution in [0.4, 0.5) is 5.69 Å². The number of nitrogens with two attached hydrogens (primary N) is 1. The molecule has 1 heterocycles. The van der Waals surface area contributed by atoms with Crippen LogP contribution in [0, 0.1) is 17.8 Å². The number of benzene rings is 1. The molecule has 1 aromatic rings. The van der Waals surface area contributed by atoms with Gasteiger partial charge < -0.3 is 16.0 Å². The second-order valence-corrected chi connectivity index (χ2v) is 7.95. The minimum atomic E-state index is -0.0874. The fourth-order valence-corrected chi connectivity index (χ4v) is 4.98. The lowest BCUT2D eigenvalue weighted by atomic mass is 9.65. The lowest BCUT2D eigenvalue weighted by molar-refractivity contribution is -0.128. The van der Waals surface area contributed by atoms with Crippen molar-refractivity contribution in [3.8, 4) is 0 Å². The molecule has 142 valence electrons. The highest BCUT2D eigenvalue weighted by Gasteiger charge is 2.41. The standard InChI is InChI=1S/C20H27N3O2.ClH/c21-19-13-5-4-6-14(19)10-15(9-13)20(25)22-16-11-18(24)23(12-16)17-7-2-1-3-8-17;/h1-3,7-8,13-16,19H,4-6,9-12,21H2,(H,22,25);1H. The van der Waals surface area contributed by atoms with Crippen molar-refractivity contribution in [3.63, 3.8) is 0 Å². The number of carbonyl (C=O) groups excluding carboxylic acids is 2. The first kappa shape index (κ1) is 19.2. The van der Waals surface area contributed by atoms with Gasteiger partial charge in [-0.15, -0.1) is 12.4 Å². The zero-order valence-electron chi connectivity index (χ0n) is 15.0. The average molecular weight is 378 g/mol. The maximum Gasteiger partial charge on any atom is 0.229 e. The van der Waals surface area contributed by atoms with E-state index >= 15 is 0 Å². The maximum absolute atomic E-state index is 12.8. The van der Waals surface area contributed by atoms with E-state index in [1.165, 1.54) is 6.42 Å². The molecule has 2 aliphatic carbocycles. The van der Waals surface area contributed by atoms with Gasteiger partial charge in [-0.2, -0.15) is 0 Å². The molecule has 3 atom stereocenters. The summed E-state index contributed by atoms with van der Waals surface area (Å²) in [7, 11) is 0. The lowest BCUT2D eigenvalue weighted by Crippen LogP contribution is -2.50. The molecule has 3 aliphatic rings. The molecule has 26 heavy (non-hydrogen) atoms. The number of amides is 2. The van der Waals surface area contributed by atoms with Crippen LogP contribution < -0.4 is 16.0 Å². The van der Waals surface area contributed by atoms with Gasteiger partial charge in [0.15, 0.2) is 0 Å². The molecule has 3 unspecified atom stereocenters. The van der Waals surface area contributed by atoms with Gasteiger partial charge in [-0.25, -0.2) is 0 Å². The Kier molecular flexibility index (Phi) is 5.88. The minimum absolute atomic E-state index is 0. The van der Waals surface area contributed by atoms with Crippen LogP contribution in [0.5, 0.6) is 0 Å². The van der Waals surface area contributed by atoms with E-state index in [-0.39, 0.29) is 42.2 Å². The molecular formula is C20H28ClN3O2. The molecule has 0 aromatic heterocycles. The number of nitrogens with one attached hydrogen (secondary N) is 1. The van der Waals surface area contributed by atoms with Gasteiger partial charge in [-0.1, -0.05) is 24.6 Å². The summed E-state index contributed by atoms with van der Waals surface area (Å²) in [6.45, 7) is 0.563. The molecule has 6 heteroatoms. The minimum Gasteiger partial charge on any atom is -0.351 e. The highest BCUT2D eigenvalue weighted by molar-refractivity contribution is 5.96. The van der Waals surface area contributed by atoms with Crippen molar-refractivity contribution in [1.82, 2.24) is 5.32 Å².